The first-order valence-electron chi connectivity index (χ1n) is 4.69. The summed E-state index contributed by atoms with van der Waals surface area (Å²) < 4.78 is 4.79. The first-order valence-corrected chi connectivity index (χ1v) is 4.69. The van der Waals surface area contributed by atoms with Gasteiger partial charge in [-0.2, -0.15) is 0 Å². The van der Waals surface area contributed by atoms with E-state index in [0.717, 1.165) is 12.8 Å². The first-order chi connectivity index (χ1) is 6.20. The number of carbonyl (C=O) groups is 1. The average Bonchev–Trinajstić information content (AvgIpc) is 2.11. The molecule has 3 N–H and O–H groups in total. The van der Waals surface area contributed by atoms with Crippen LogP contribution >= 0.6 is 0 Å². The third kappa shape index (κ3) is 7.74. The van der Waals surface area contributed by atoms with E-state index in [4.69, 9.17) is 10.5 Å². The molecule has 4 nitrogen and oxygen atoms in total. The van der Waals surface area contributed by atoms with Crippen molar-refractivity contribution in [2.75, 3.05) is 20.3 Å². The molecule has 0 aliphatic rings. The first kappa shape index (κ1) is 12.4. The van der Waals surface area contributed by atoms with Crippen molar-refractivity contribution in [1.29, 1.82) is 0 Å². The molecular formula is C9H20N2O2. The van der Waals surface area contributed by atoms with Gasteiger partial charge in [-0.25, -0.2) is 0 Å². The van der Waals surface area contributed by atoms with Crippen LogP contribution in [0.5, 0.6) is 0 Å². The van der Waals surface area contributed by atoms with E-state index in [1.54, 1.807) is 7.11 Å². The molecule has 0 rings (SSSR count). The predicted molar refractivity (Wildman–Crippen MR) is 52.4 cm³/mol. The second-order valence-corrected chi connectivity index (χ2v) is 3.14. The van der Waals surface area contributed by atoms with Crippen LogP contribution in [0.4, 0.5) is 0 Å². The monoisotopic (exact) mass is 188 g/mol. The molecule has 0 fully saturated rings. The van der Waals surface area contributed by atoms with E-state index in [2.05, 4.69) is 5.32 Å². The highest BCUT2D eigenvalue weighted by atomic mass is 16.5. The smallest absolute Gasteiger partial charge is 0.222 e. The summed E-state index contributed by atoms with van der Waals surface area (Å²) in [5, 5.41) is 2.88. The van der Waals surface area contributed by atoms with E-state index in [1.165, 1.54) is 0 Å². The maximum Gasteiger partial charge on any atom is 0.222 e. The van der Waals surface area contributed by atoms with Crippen molar-refractivity contribution in [3.63, 3.8) is 0 Å². The SMILES string of the molecule is COCCC(=O)NC(C)CCCN. The molecule has 0 bridgehead atoms. The van der Waals surface area contributed by atoms with Crippen molar-refractivity contribution in [2.24, 2.45) is 5.73 Å². The number of hydrogen-bond donors (Lipinski definition) is 2. The van der Waals surface area contributed by atoms with Crippen LogP contribution in [0.15, 0.2) is 0 Å². The second kappa shape index (κ2) is 8.01. The number of nitrogens with two attached hydrogens (primary N) is 1. The predicted octanol–water partition coefficient (Wildman–Crippen LogP) is 0.267. The second-order valence-electron chi connectivity index (χ2n) is 3.14. The summed E-state index contributed by atoms with van der Waals surface area (Å²) in [4.78, 5) is 11.2. The minimum Gasteiger partial charge on any atom is -0.384 e. The number of methoxy groups -OCH3 is 1. The summed E-state index contributed by atoms with van der Waals surface area (Å²) in [5.74, 6) is 0.0476. The Morgan fingerprint density at radius 3 is 2.85 bits per heavy atom. The van der Waals surface area contributed by atoms with E-state index >= 15 is 0 Å². The number of nitrogens with one attached hydrogen (secondary N) is 1. The van der Waals surface area contributed by atoms with Crippen LogP contribution in [0.2, 0.25) is 0 Å². The van der Waals surface area contributed by atoms with Crippen LogP contribution in [0.1, 0.15) is 26.2 Å². The summed E-state index contributed by atoms with van der Waals surface area (Å²) >= 11 is 0. The number of carbonyl (C=O) groups excluding carboxylic acids is 1. The van der Waals surface area contributed by atoms with Gasteiger partial charge in [-0.05, 0) is 26.3 Å². The minimum absolute atomic E-state index is 0.0476. The Morgan fingerprint density at radius 2 is 2.31 bits per heavy atom. The minimum atomic E-state index is 0.0476. The van der Waals surface area contributed by atoms with Crippen molar-refractivity contribution in [1.82, 2.24) is 5.32 Å². The summed E-state index contributed by atoms with van der Waals surface area (Å²) in [6, 6.07) is 0.216. The largest absolute Gasteiger partial charge is 0.384 e. The Balaban J connectivity index is 3.41. The molecule has 0 radical (unpaired) electrons. The normalized spacial score (nSPS) is 12.5. The maximum absolute atomic E-state index is 11.2. The standard InChI is InChI=1S/C9H20N2O2/c1-8(4-3-6-10)11-9(12)5-7-13-2/h8H,3-7,10H2,1-2H3,(H,11,12). The Morgan fingerprint density at radius 1 is 1.62 bits per heavy atom. The van der Waals surface area contributed by atoms with Gasteiger partial charge >= 0.3 is 0 Å². The third-order valence-corrected chi connectivity index (χ3v) is 1.78. The quantitative estimate of drug-likeness (QED) is 0.602. The van der Waals surface area contributed by atoms with Gasteiger partial charge in [0.25, 0.3) is 0 Å². The van der Waals surface area contributed by atoms with Crippen molar-refractivity contribution < 1.29 is 9.53 Å². The van der Waals surface area contributed by atoms with Crippen molar-refractivity contribution >= 4 is 5.91 Å². The fourth-order valence-corrected chi connectivity index (χ4v) is 1.04. The Bertz CT molecular complexity index is 140. The molecule has 1 atom stereocenters. The molecule has 0 aromatic rings. The van der Waals surface area contributed by atoms with Gasteiger partial charge in [-0.3, -0.25) is 4.79 Å². The van der Waals surface area contributed by atoms with Crippen LogP contribution in [-0.2, 0) is 9.53 Å². The number of hydrogen-bond acceptors (Lipinski definition) is 3. The van der Waals surface area contributed by atoms with Crippen LogP contribution in [0.3, 0.4) is 0 Å². The third-order valence-electron chi connectivity index (χ3n) is 1.78. The van der Waals surface area contributed by atoms with Crippen molar-refractivity contribution in [3.05, 3.63) is 0 Å². The van der Waals surface area contributed by atoms with Gasteiger partial charge in [0.1, 0.15) is 0 Å². The van der Waals surface area contributed by atoms with Crippen LogP contribution < -0.4 is 11.1 Å². The maximum atomic E-state index is 11.2. The molecule has 0 saturated carbocycles. The summed E-state index contributed by atoms with van der Waals surface area (Å²) in [6.07, 6.45) is 2.32. The van der Waals surface area contributed by atoms with Crippen LogP contribution in [-0.4, -0.2) is 32.2 Å². The van der Waals surface area contributed by atoms with E-state index in [0.29, 0.717) is 19.6 Å². The Kier molecular flexibility index (Phi) is 7.63. The molecule has 0 spiro atoms. The lowest BCUT2D eigenvalue weighted by Crippen LogP contribution is -2.33. The molecule has 0 aliphatic heterocycles. The lowest BCUT2D eigenvalue weighted by atomic mass is 10.2. The molecule has 0 aromatic carbocycles. The topological polar surface area (TPSA) is 64.3 Å². The number of rotatable bonds is 7. The molecule has 0 saturated heterocycles. The lowest BCUT2D eigenvalue weighted by molar-refractivity contribution is -0.122. The van der Waals surface area contributed by atoms with Gasteiger partial charge in [0.2, 0.25) is 5.91 Å². The van der Waals surface area contributed by atoms with E-state index < -0.39 is 0 Å². The van der Waals surface area contributed by atoms with Gasteiger partial charge in [-0.15, -0.1) is 0 Å². The average molecular weight is 188 g/mol. The highest BCUT2D eigenvalue weighted by Crippen LogP contribution is 1.95. The lowest BCUT2D eigenvalue weighted by Gasteiger charge is -2.12. The zero-order valence-corrected chi connectivity index (χ0v) is 8.51. The van der Waals surface area contributed by atoms with Gasteiger partial charge in [-0.1, -0.05) is 0 Å². The zero-order chi connectivity index (χ0) is 10.1. The van der Waals surface area contributed by atoms with Gasteiger partial charge < -0.3 is 15.8 Å². The molecular weight excluding hydrogens is 168 g/mol. The van der Waals surface area contributed by atoms with Crippen LogP contribution in [0.25, 0.3) is 0 Å². The summed E-state index contributed by atoms with van der Waals surface area (Å²) in [5.41, 5.74) is 5.36. The Hall–Kier alpha value is -0.610. The molecule has 0 aliphatic carbocycles. The zero-order valence-electron chi connectivity index (χ0n) is 8.51. The molecule has 4 heteroatoms. The Labute approximate surface area is 79.8 Å². The molecule has 1 unspecified atom stereocenters. The molecule has 78 valence electrons. The fourth-order valence-electron chi connectivity index (χ4n) is 1.04. The molecule has 0 heterocycles. The molecule has 0 aromatic heterocycles. The number of amides is 1. The summed E-state index contributed by atoms with van der Waals surface area (Å²) in [7, 11) is 1.59. The van der Waals surface area contributed by atoms with Gasteiger partial charge in [0, 0.05) is 19.6 Å². The summed E-state index contributed by atoms with van der Waals surface area (Å²) in [6.45, 7) is 3.15. The van der Waals surface area contributed by atoms with E-state index in [9.17, 15) is 4.79 Å². The number of ether oxygens (including phenoxy) is 1. The fraction of sp³-hybridized carbons (Fsp3) is 0.889. The van der Waals surface area contributed by atoms with E-state index in [-0.39, 0.29) is 11.9 Å². The van der Waals surface area contributed by atoms with Crippen LogP contribution in [0, 0.1) is 0 Å². The van der Waals surface area contributed by atoms with Gasteiger partial charge in [0.05, 0.1) is 6.61 Å². The van der Waals surface area contributed by atoms with Crippen molar-refractivity contribution in [3.8, 4) is 0 Å². The van der Waals surface area contributed by atoms with Crippen molar-refractivity contribution in [2.45, 2.75) is 32.2 Å². The highest BCUT2D eigenvalue weighted by Gasteiger charge is 2.05. The molecule has 1 amide bonds. The molecule has 13 heavy (non-hydrogen) atoms. The van der Waals surface area contributed by atoms with Gasteiger partial charge in [0.15, 0.2) is 0 Å². The van der Waals surface area contributed by atoms with E-state index in [1.807, 2.05) is 6.92 Å². The highest BCUT2D eigenvalue weighted by molar-refractivity contribution is 5.76.